The van der Waals surface area contributed by atoms with Gasteiger partial charge in [-0.3, -0.25) is 0 Å². The van der Waals surface area contributed by atoms with Gasteiger partial charge in [-0.2, -0.15) is 0 Å². The number of piperidine rings is 1. The number of rotatable bonds is 6. The van der Waals surface area contributed by atoms with Crippen LogP contribution in [0.3, 0.4) is 0 Å². The van der Waals surface area contributed by atoms with Gasteiger partial charge in [-0.15, -0.1) is 6.58 Å². The fraction of sp³-hybridized carbons (Fsp3) is 0.818. The molecule has 0 aromatic rings. The van der Waals surface area contributed by atoms with Gasteiger partial charge >= 0.3 is 0 Å². The quantitative estimate of drug-likeness (QED) is 0.706. The molecule has 0 aromatic carbocycles. The first-order valence-corrected chi connectivity index (χ1v) is 7.50. The summed E-state index contributed by atoms with van der Waals surface area (Å²) in [4.78, 5) is 0. The molecule has 0 aliphatic carbocycles. The first-order valence-electron chi connectivity index (χ1n) is 5.89. The highest BCUT2D eigenvalue weighted by molar-refractivity contribution is 7.89. The third-order valence-electron chi connectivity index (χ3n) is 2.98. The minimum atomic E-state index is -3.08. The van der Waals surface area contributed by atoms with Crippen LogP contribution in [0.15, 0.2) is 12.7 Å². The SMILES string of the molecule is C=CCS(=O)(=O)N1CCC(CNCC)CC1. The van der Waals surface area contributed by atoms with Crippen LogP contribution in [0.4, 0.5) is 0 Å². The molecular weight excluding hydrogens is 224 g/mol. The van der Waals surface area contributed by atoms with Crippen LogP contribution in [0.5, 0.6) is 0 Å². The lowest BCUT2D eigenvalue weighted by molar-refractivity contribution is 0.269. The fourth-order valence-electron chi connectivity index (χ4n) is 1.99. The van der Waals surface area contributed by atoms with E-state index < -0.39 is 10.0 Å². The Bertz CT molecular complexity index is 306. The largest absolute Gasteiger partial charge is 0.317 e. The van der Waals surface area contributed by atoms with Crippen molar-refractivity contribution in [3.8, 4) is 0 Å². The Morgan fingerprint density at radius 1 is 1.44 bits per heavy atom. The van der Waals surface area contributed by atoms with Crippen LogP contribution in [0.1, 0.15) is 19.8 Å². The normalized spacial score (nSPS) is 19.8. The van der Waals surface area contributed by atoms with Crippen molar-refractivity contribution in [2.75, 3.05) is 31.9 Å². The summed E-state index contributed by atoms with van der Waals surface area (Å²) in [6.45, 7) is 8.87. The molecule has 0 radical (unpaired) electrons. The van der Waals surface area contributed by atoms with E-state index >= 15 is 0 Å². The molecule has 4 nitrogen and oxygen atoms in total. The lowest BCUT2D eigenvalue weighted by atomic mass is 9.98. The molecule has 1 aliphatic heterocycles. The van der Waals surface area contributed by atoms with Crippen molar-refractivity contribution in [1.29, 1.82) is 0 Å². The number of nitrogens with zero attached hydrogens (tertiary/aromatic N) is 1. The minimum absolute atomic E-state index is 0.0604. The topological polar surface area (TPSA) is 49.4 Å². The van der Waals surface area contributed by atoms with Crippen molar-refractivity contribution in [2.24, 2.45) is 5.92 Å². The molecule has 1 rings (SSSR count). The number of sulfonamides is 1. The molecule has 0 spiro atoms. The zero-order valence-electron chi connectivity index (χ0n) is 9.98. The van der Waals surface area contributed by atoms with Crippen molar-refractivity contribution in [2.45, 2.75) is 19.8 Å². The molecule has 94 valence electrons. The van der Waals surface area contributed by atoms with Gasteiger partial charge in [0.25, 0.3) is 0 Å². The molecule has 0 unspecified atom stereocenters. The van der Waals surface area contributed by atoms with Crippen LogP contribution in [-0.4, -0.2) is 44.7 Å². The van der Waals surface area contributed by atoms with Gasteiger partial charge in [0.2, 0.25) is 10.0 Å². The summed E-state index contributed by atoms with van der Waals surface area (Å²) in [5, 5.41) is 3.31. The molecule has 0 atom stereocenters. The molecule has 1 saturated heterocycles. The molecule has 16 heavy (non-hydrogen) atoms. The highest BCUT2D eigenvalue weighted by Crippen LogP contribution is 2.19. The molecule has 1 N–H and O–H groups in total. The zero-order valence-corrected chi connectivity index (χ0v) is 10.8. The average molecular weight is 246 g/mol. The second kappa shape index (κ2) is 6.37. The Labute approximate surface area is 98.8 Å². The summed E-state index contributed by atoms with van der Waals surface area (Å²) >= 11 is 0. The average Bonchev–Trinajstić information content (AvgIpc) is 2.27. The Balaban J connectivity index is 2.39. The predicted octanol–water partition coefficient (Wildman–Crippen LogP) is 0.824. The molecule has 5 heteroatoms. The molecule has 0 aromatic heterocycles. The van der Waals surface area contributed by atoms with E-state index in [2.05, 4.69) is 18.8 Å². The maximum absolute atomic E-state index is 11.7. The van der Waals surface area contributed by atoms with Crippen LogP contribution in [0, 0.1) is 5.92 Å². The molecule has 1 heterocycles. The van der Waals surface area contributed by atoms with E-state index in [1.54, 1.807) is 4.31 Å². The van der Waals surface area contributed by atoms with E-state index in [1.165, 1.54) is 6.08 Å². The Hall–Kier alpha value is -0.390. The van der Waals surface area contributed by atoms with Gasteiger partial charge in [0.1, 0.15) is 0 Å². The smallest absolute Gasteiger partial charge is 0.217 e. The maximum Gasteiger partial charge on any atom is 0.217 e. The monoisotopic (exact) mass is 246 g/mol. The first kappa shape index (κ1) is 13.7. The summed E-state index contributed by atoms with van der Waals surface area (Å²) in [5.74, 6) is 0.681. The molecule has 0 amide bonds. The Morgan fingerprint density at radius 2 is 2.06 bits per heavy atom. The summed E-state index contributed by atoms with van der Waals surface area (Å²) in [6.07, 6.45) is 3.38. The summed E-state index contributed by atoms with van der Waals surface area (Å²) < 4.78 is 25.1. The van der Waals surface area contributed by atoms with Gasteiger partial charge in [-0.25, -0.2) is 12.7 Å². The predicted molar refractivity (Wildman–Crippen MR) is 66.8 cm³/mol. The van der Waals surface area contributed by atoms with E-state index in [9.17, 15) is 8.42 Å². The van der Waals surface area contributed by atoms with Crippen LogP contribution in [0.2, 0.25) is 0 Å². The standard InChI is InChI=1S/C11H22N2O2S/c1-3-9-16(14,15)13-7-5-11(6-8-13)10-12-4-2/h3,11-12H,1,4-10H2,2H3. The highest BCUT2D eigenvalue weighted by Gasteiger charge is 2.26. The van der Waals surface area contributed by atoms with E-state index in [-0.39, 0.29) is 5.75 Å². The molecule has 0 saturated carbocycles. The van der Waals surface area contributed by atoms with Crippen molar-refractivity contribution < 1.29 is 8.42 Å². The van der Waals surface area contributed by atoms with Crippen molar-refractivity contribution in [3.05, 3.63) is 12.7 Å². The lowest BCUT2D eigenvalue weighted by Crippen LogP contribution is -2.41. The van der Waals surface area contributed by atoms with E-state index in [0.717, 1.165) is 25.9 Å². The molecule has 1 fully saturated rings. The maximum atomic E-state index is 11.7. The number of nitrogens with one attached hydrogen (secondary N) is 1. The van der Waals surface area contributed by atoms with Gasteiger partial charge < -0.3 is 5.32 Å². The minimum Gasteiger partial charge on any atom is -0.317 e. The summed E-state index contributed by atoms with van der Waals surface area (Å²) in [5.41, 5.74) is 0. The van der Waals surface area contributed by atoms with Crippen LogP contribution >= 0.6 is 0 Å². The third-order valence-corrected chi connectivity index (χ3v) is 4.79. The molecule has 1 aliphatic rings. The lowest BCUT2D eigenvalue weighted by Gasteiger charge is -2.31. The molecular formula is C11H22N2O2S. The van der Waals surface area contributed by atoms with E-state index in [4.69, 9.17) is 0 Å². The van der Waals surface area contributed by atoms with Crippen molar-refractivity contribution in [1.82, 2.24) is 9.62 Å². The Kier molecular flexibility index (Phi) is 5.44. The summed E-state index contributed by atoms with van der Waals surface area (Å²) in [6, 6.07) is 0. The number of hydrogen-bond acceptors (Lipinski definition) is 3. The number of hydrogen-bond donors (Lipinski definition) is 1. The van der Waals surface area contributed by atoms with Gasteiger partial charge in [-0.05, 0) is 31.8 Å². The van der Waals surface area contributed by atoms with Crippen molar-refractivity contribution in [3.63, 3.8) is 0 Å². The zero-order chi connectivity index (χ0) is 12.0. The van der Waals surface area contributed by atoms with Gasteiger partial charge in [-0.1, -0.05) is 13.0 Å². The molecule has 0 bridgehead atoms. The highest BCUT2D eigenvalue weighted by atomic mass is 32.2. The van der Waals surface area contributed by atoms with Gasteiger partial charge in [0, 0.05) is 13.1 Å². The van der Waals surface area contributed by atoms with Crippen LogP contribution in [-0.2, 0) is 10.0 Å². The summed E-state index contributed by atoms with van der Waals surface area (Å²) in [7, 11) is -3.08. The van der Waals surface area contributed by atoms with Gasteiger partial charge in [0.15, 0.2) is 0 Å². The second-order valence-corrected chi connectivity index (χ2v) is 6.23. The van der Waals surface area contributed by atoms with E-state index in [1.807, 2.05) is 0 Å². The van der Waals surface area contributed by atoms with Crippen LogP contribution in [0.25, 0.3) is 0 Å². The van der Waals surface area contributed by atoms with Crippen LogP contribution < -0.4 is 5.32 Å². The van der Waals surface area contributed by atoms with E-state index in [0.29, 0.717) is 19.0 Å². The van der Waals surface area contributed by atoms with Crippen molar-refractivity contribution >= 4 is 10.0 Å². The Morgan fingerprint density at radius 3 is 2.56 bits per heavy atom. The third kappa shape index (κ3) is 3.88. The first-order chi connectivity index (χ1) is 7.60. The second-order valence-electron chi connectivity index (χ2n) is 4.22. The van der Waals surface area contributed by atoms with Gasteiger partial charge in [0.05, 0.1) is 5.75 Å². The fourth-order valence-corrected chi connectivity index (χ4v) is 3.27.